The van der Waals surface area contributed by atoms with Crippen LogP contribution in [0, 0.1) is 16.7 Å². The van der Waals surface area contributed by atoms with E-state index in [4.69, 9.17) is 5.11 Å². The lowest BCUT2D eigenvalue weighted by atomic mass is 9.66. The molecule has 2 amide bonds. The van der Waals surface area contributed by atoms with Gasteiger partial charge in [-0.15, -0.1) is 0 Å². The summed E-state index contributed by atoms with van der Waals surface area (Å²) in [7, 11) is 0. The fraction of sp³-hybridized carbons (Fsp3) is 0.600. The summed E-state index contributed by atoms with van der Waals surface area (Å²) in [4.78, 5) is 25.3. The van der Waals surface area contributed by atoms with Crippen LogP contribution in [0.5, 0.6) is 0 Å². The Bertz CT molecular complexity index is 1100. The molecule has 0 unspecified atom stereocenters. The first kappa shape index (κ1) is 38.3. The minimum atomic E-state index is -0.301. The second-order valence-electron chi connectivity index (χ2n) is 13.3. The van der Waals surface area contributed by atoms with E-state index < -0.39 is 0 Å². The summed E-state index contributed by atoms with van der Waals surface area (Å²) in [5.41, 5.74) is 3.31. The fourth-order valence-electron chi connectivity index (χ4n) is 6.88. The average molecular weight is 619 g/mol. The lowest BCUT2D eigenvalue weighted by Crippen LogP contribution is -2.46. The van der Waals surface area contributed by atoms with Gasteiger partial charge >= 0.3 is 0 Å². The third-order valence-corrected chi connectivity index (χ3v) is 9.80. The normalized spacial score (nSPS) is 16.7. The second-order valence-corrected chi connectivity index (χ2v) is 13.3. The number of carbonyl (C=O) groups is 2. The maximum atomic E-state index is 12.7. The molecule has 4 rings (SSSR count). The van der Waals surface area contributed by atoms with Crippen LogP contribution in [-0.2, 0) is 22.4 Å². The van der Waals surface area contributed by atoms with Gasteiger partial charge in [0.2, 0.25) is 11.8 Å². The van der Waals surface area contributed by atoms with Crippen molar-refractivity contribution in [2.75, 3.05) is 19.7 Å². The Balaban J connectivity index is 0.000000288. The maximum absolute atomic E-state index is 12.7. The molecule has 5 heteroatoms. The van der Waals surface area contributed by atoms with Crippen LogP contribution >= 0.6 is 0 Å². The van der Waals surface area contributed by atoms with Gasteiger partial charge in [0.1, 0.15) is 0 Å². The molecule has 250 valence electrons. The van der Waals surface area contributed by atoms with Gasteiger partial charge in [-0.25, -0.2) is 0 Å². The van der Waals surface area contributed by atoms with Crippen LogP contribution in [0.3, 0.4) is 0 Å². The first-order valence-electron chi connectivity index (χ1n) is 17.6. The number of aliphatic hydroxyl groups is 1. The Morgan fingerprint density at radius 1 is 0.733 bits per heavy atom. The average Bonchev–Trinajstić information content (AvgIpc) is 3.07. The van der Waals surface area contributed by atoms with Crippen molar-refractivity contribution in [3.05, 3.63) is 83.9 Å². The topological polar surface area (TPSA) is 78.4 Å². The molecule has 0 spiro atoms. The van der Waals surface area contributed by atoms with Gasteiger partial charge in [-0.05, 0) is 82.3 Å². The Kier molecular flexibility index (Phi) is 17.8. The molecule has 0 heterocycles. The van der Waals surface area contributed by atoms with E-state index in [2.05, 4.69) is 79.6 Å². The van der Waals surface area contributed by atoms with Gasteiger partial charge in [-0.1, -0.05) is 125 Å². The minimum absolute atomic E-state index is 0.106. The van der Waals surface area contributed by atoms with E-state index in [0.717, 1.165) is 82.9 Å². The number of hydrogen-bond acceptors (Lipinski definition) is 3. The minimum Gasteiger partial charge on any atom is -0.397 e. The molecule has 0 saturated heterocycles. The maximum Gasteiger partial charge on any atom is 0.230 e. The van der Waals surface area contributed by atoms with Crippen molar-refractivity contribution in [2.24, 2.45) is 16.7 Å². The summed E-state index contributed by atoms with van der Waals surface area (Å²) >= 11 is 0. The number of nitrogens with one attached hydrogen (secondary N) is 2. The van der Waals surface area contributed by atoms with Gasteiger partial charge in [-0.2, -0.15) is 0 Å². The van der Waals surface area contributed by atoms with Crippen LogP contribution < -0.4 is 10.6 Å². The molecule has 0 atom stereocenters. The number of rotatable bonds is 12. The van der Waals surface area contributed by atoms with Gasteiger partial charge in [-0.3, -0.25) is 9.59 Å². The Labute approximate surface area is 274 Å². The molecule has 2 aliphatic carbocycles. The molecule has 0 aromatic heterocycles. The van der Waals surface area contributed by atoms with Crippen molar-refractivity contribution in [3.63, 3.8) is 0 Å². The van der Waals surface area contributed by atoms with Crippen molar-refractivity contribution in [1.82, 2.24) is 10.6 Å². The van der Waals surface area contributed by atoms with Crippen LogP contribution in [-0.4, -0.2) is 36.6 Å². The number of amides is 2. The van der Waals surface area contributed by atoms with E-state index in [-0.39, 0.29) is 23.3 Å². The zero-order valence-electron chi connectivity index (χ0n) is 28.8. The van der Waals surface area contributed by atoms with E-state index in [1.807, 2.05) is 19.1 Å². The molecule has 2 aromatic carbocycles. The van der Waals surface area contributed by atoms with Crippen LogP contribution in [0.2, 0.25) is 0 Å². The molecule has 2 aromatic rings. The molecule has 0 radical (unpaired) electrons. The largest absolute Gasteiger partial charge is 0.397 e. The molecule has 0 aliphatic heterocycles. The van der Waals surface area contributed by atoms with Gasteiger partial charge in [0.15, 0.2) is 0 Å². The van der Waals surface area contributed by atoms with E-state index in [0.29, 0.717) is 11.8 Å². The highest BCUT2D eigenvalue weighted by atomic mass is 16.2. The van der Waals surface area contributed by atoms with E-state index in [1.54, 1.807) is 6.92 Å². The zero-order valence-corrected chi connectivity index (χ0v) is 28.8. The van der Waals surface area contributed by atoms with E-state index in [9.17, 15) is 9.59 Å². The molecule has 2 saturated carbocycles. The molecule has 45 heavy (non-hydrogen) atoms. The number of hydrogen-bond donors (Lipinski definition) is 3. The van der Waals surface area contributed by atoms with Crippen LogP contribution in [0.15, 0.2) is 72.8 Å². The summed E-state index contributed by atoms with van der Waals surface area (Å²) < 4.78 is 0. The SMILES string of the molecule is C=C(C)C1(C(=O)NCCCc2ccccc2)CCCCC1.CC(C)C1(C(=O)NCCCc2ccccc2)CCCCC1.CCO. The smallest absolute Gasteiger partial charge is 0.230 e. The van der Waals surface area contributed by atoms with Gasteiger partial charge in [0.05, 0.1) is 10.8 Å². The van der Waals surface area contributed by atoms with E-state index in [1.165, 1.54) is 36.8 Å². The lowest BCUT2D eigenvalue weighted by molar-refractivity contribution is -0.136. The lowest BCUT2D eigenvalue weighted by Gasteiger charge is -2.39. The van der Waals surface area contributed by atoms with Crippen molar-refractivity contribution >= 4 is 11.8 Å². The van der Waals surface area contributed by atoms with Crippen molar-refractivity contribution in [3.8, 4) is 0 Å². The zero-order chi connectivity index (χ0) is 33.0. The predicted molar refractivity (Wildman–Crippen MR) is 189 cm³/mol. The molecule has 5 nitrogen and oxygen atoms in total. The Morgan fingerprint density at radius 2 is 1.13 bits per heavy atom. The van der Waals surface area contributed by atoms with Crippen LogP contribution in [0.25, 0.3) is 0 Å². The number of aryl methyl sites for hydroxylation is 2. The summed E-state index contributed by atoms with van der Waals surface area (Å²) in [5.74, 6) is 0.931. The summed E-state index contributed by atoms with van der Waals surface area (Å²) in [5, 5.41) is 13.9. The molecular weight excluding hydrogens is 556 g/mol. The molecule has 2 fully saturated rings. The highest BCUT2D eigenvalue weighted by molar-refractivity contribution is 5.85. The van der Waals surface area contributed by atoms with Crippen molar-refractivity contribution in [2.45, 2.75) is 118 Å². The third kappa shape index (κ3) is 12.4. The van der Waals surface area contributed by atoms with E-state index >= 15 is 0 Å². The second kappa shape index (κ2) is 21.0. The molecule has 2 aliphatic rings. The first-order valence-corrected chi connectivity index (χ1v) is 17.6. The van der Waals surface area contributed by atoms with Crippen molar-refractivity contribution < 1.29 is 14.7 Å². The highest BCUT2D eigenvalue weighted by Gasteiger charge is 2.42. The van der Waals surface area contributed by atoms with Gasteiger partial charge in [0.25, 0.3) is 0 Å². The summed E-state index contributed by atoms with van der Waals surface area (Å²) in [6, 6.07) is 20.9. The summed E-state index contributed by atoms with van der Waals surface area (Å²) in [6.45, 7) is 14.0. The number of aliphatic hydroxyl groups excluding tert-OH is 1. The molecule has 3 N–H and O–H groups in total. The van der Waals surface area contributed by atoms with Gasteiger partial charge < -0.3 is 15.7 Å². The monoisotopic (exact) mass is 618 g/mol. The standard InChI is InChI=1S/C19H29NO.C19H27NO.C2H6O/c2*1-16(2)19(13-7-4-8-14-19)18(21)20-15-9-12-17-10-5-3-6-11-17;1-2-3/h3,5-6,10-11,16H,4,7-9,12-15H2,1-2H3,(H,20,21);3,5-6,10-11H,1,4,7-9,12-15H2,2H3,(H,20,21);3H,2H2,1H3. The van der Waals surface area contributed by atoms with Crippen LogP contribution in [0.4, 0.5) is 0 Å². The number of benzene rings is 2. The fourth-order valence-corrected chi connectivity index (χ4v) is 6.88. The molecule has 0 bridgehead atoms. The van der Waals surface area contributed by atoms with Crippen molar-refractivity contribution in [1.29, 1.82) is 0 Å². The molecular formula is C40H62N2O3. The third-order valence-electron chi connectivity index (χ3n) is 9.80. The summed E-state index contributed by atoms with van der Waals surface area (Å²) in [6.07, 6.45) is 15.3. The number of carbonyl (C=O) groups excluding carboxylic acids is 2. The Morgan fingerprint density at radius 3 is 1.53 bits per heavy atom. The highest BCUT2D eigenvalue weighted by Crippen LogP contribution is 2.43. The predicted octanol–water partition coefficient (Wildman–Crippen LogP) is 8.60. The first-order chi connectivity index (χ1) is 21.7. The van der Waals surface area contributed by atoms with Gasteiger partial charge in [0, 0.05) is 19.7 Å². The quantitative estimate of drug-likeness (QED) is 0.165. The Hall–Kier alpha value is -2.92. The van der Waals surface area contributed by atoms with Crippen LogP contribution in [0.1, 0.15) is 116 Å².